The molecule has 0 bridgehead atoms. The topological polar surface area (TPSA) is 85.8 Å². The second kappa shape index (κ2) is 7.87. The number of ether oxygens (including phenoxy) is 1. The molecule has 152 valence electrons. The number of amides is 1. The molecule has 0 unspecified atom stereocenters. The number of rotatable bonds is 5. The van der Waals surface area contributed by atoms with Gasteiger partial charge in [-0.2, -0.15) is 0 Å². The van der Waals surface area contributed by atoms with Crippen LogP contribution < -0.4 is 15.6 Å². The van der Waals surface area contributed by atoms with E-state index in [1.165, 1.54) is 6.07 Å². The van der Waals surface area contributed by atoms with E-state index in [-0.39, 0.29) is 18.1 Å². The SMILES string of the molecule is Cc1ccc(C(=O)Nc2ccc(C)cc2OCc2cc(=O)n3oc(C)cc3n2)cc1. The highest BCUT2D eigenvalue weighted by Gasteiger charge is 2.12. The first-order valence-corrected chi connectivity index (χ1v) is 9.50. The zero-order valence-electron chi connectivity index (χ0n) is 16.9. The van der Waals surface area contributed by atoms with E-state index in [4.69, 9.17) is 9.26 Å². The molecule has 0 atom stereocenters. The highest BCUT2D eigenvalue weighted by molar-refractivity contribution is 6.05. The Morgan fingerprint density at radius 1 is 1.03 bits per heavy atom. The Labute approximate surface area is 172 Å². The molecular formula is C23H21N3O4. The summed E-state index contributed by atoms with van der Waals surface area (Å²) in [7, 11) is 0. The van der Waals surface area contributed by atoms with Gasteiger partial charge in [0.05, 0.1) is 11.4 Å². The van der Waals surface area contributed by atoms with E-state index in [0.29, 0.717) is 34.1 Å². The molecule has 2 aromatic heterocycles. The molecule has 7 heteroatoms. The van der Waals surface area contributed by atoms with Crippen LogP contribution in [0.25, 0.3) is 5.65 Å². The maximum absolute atomic E-state index is 12.6. The second-order valence-corrected chi connectivity index (χ2v) is 7.19. The molecular weight excluding hydrogens is 382 g/mol. The minimum atomic E-state index is -0.316. The molecule has 0 spiro atoms. The van der Waals surface area contributed by atoms with Crippen LogP contribution in [0.4, 0.5) is 5.69 Å². The van der Waals surface area contributed by atoms with Gasteiger partial charge in [0.15, 0.2) is 5.65 Å². The van der Waals surface area contributed by atoms with E-state index < -0.39 is 0 Å². The summed E-state index contributed by atoms with van der Waals surface area (Å²) in [6.45, 7) is 5.73. The highest BCUT2D eigenvalue weighted by atomic mass is 16.5. The summed E-state index contributed by atoms with van der Waals surface area (Å²) < 4.78 is 12.4. The first-order valence-electron chi connectivity index (χ1n) is 9.50. The van der Waals surface area contributed by atoms with Crippen LogP contribution in [0.1, 0.15) is 32.9 Å². The molecule has 4 aromatic rings. The number of aromatic nitrogens is 2. The first-order chi connectivity index (χ1) is 14.4. The molecule has 7 nitrogen and oxygen atoms in total. The molecule has 0 aliphatic carbocycles. The summed E-state index contributed by atoms with van der Waals surface area (Å²) in [6, 6.07) is 15.9. The number of fused-ring (bicyclic) bond motifs is 1. The molecule has 1 N–H and O–H groups in total. The van der Waals surface area contributed by atoms with Crippen molar-refractivity contribution in [3.63, 3.8) is 0 Å². The van der Waals surface area contributed by atoms with Crippen LogP contribution in [0.3, 0.4) is 0 Å². The molecule has 0 fully saturated rings. The highest BCUT2D eigenvalue weighted by Crippen LogP contribution is 2.27. The fourth-order valence-electron chi connectivity index (χ4n) is 3.05. The van der Waals surface area contributed by atoms with Crippen molar-refractivity contribution >= 4 is 17.2 Å². The van der Waals surface area contributed by atoms with Gasteiger partial charge < -0.3 is 14.6 Å². The predicted molar refractivity (Wildman–Crippen MR) is 113 cm³/mol. The number of nitrogens with zero attached hydrogens (tertiary/aromatic N) is 2. The summed E-state index contributed by atoms with van der Waals surface area (Å²) >= 11 is 0. The van der Waals surface area contributed by atoms with Crippen LogP contribution in [0, 0.1) is 20.8 Å². The maximum Gasteiger partial charge on any atom is 0.287 e. The van der Waals surface area contributed by atoms with Crippen molar-refractivity contribution in [2.24, 2.45) is 0 Å². The fraction of sp³-hybridized carbons (Fsp3) is 0.174. The van der Waals surface area contributed by atoms with Gasteiger partial charge in [-0.15, -0.1) is 4.57 Å². The third kappa shape index (κ3) is 4.10. The van der Waals surface area contributed by atoms with Crippen molar-refractivity contribution in [3.05, 3.63) is 93.1 Å². The van der Waals surface area contributed by atoms with E-state index >= 15 is 0 Å². The Morgan fingerprint density at radius 2 is 1.77 bits per heavy atom. The number of carbonyl (C=O) groups is 1. The molecule has 30 heavy (non-hydrogen) atoms. The van der Waals surface area contributed by atoms with Gasteiger partial charge in [0.1, 0.15) is 18.1 Å². The van der Waals surface area contributed by atoms with E-state index in [2.05, 4.69) is 10.3 Å². The van der Waals surface area contributed by atoms with Gasteiger partial charge in [0.2, 0.25) is 0 Å². The van der Waals surface area contributed by atoms with Crippen LogP contribution in [-0.2, 0) is 6.61 Å². The van der Waals surface area contributed by atoms with Crippen molar-refractivity contribution in [3.8, 4) is 5.75 Å². The number of anilines is 1. The standard InChI is InChI=1S/C23H21N3O4/c1-14-4-7-17(8-5-14)23(28)25-19-9-6-15(2)10-20(19)29-13-18-12-22(27)26-21(24-18)11-16(3)30-26/h4-12H,13H2,1-3H3,(H,25,28). The number of hydrogen-bond acceptors (Lipinski definition) is 5. The van der Waals surface area contributed by atoms with E-state index in [0.717, 1.165) is 15.7 Å². The largest absolute Gasteiger partial charge is 0.485 e. The third-order valence-corrected chi connectivity index (χ3v) is 4.60. The van der Waals surface area contributed by atoms with Gasteiger partial charge in [-0.05, 0) is 50.6 Å². The van der Waals surface area contributed by atoms with Crippen molar-refractivity contribution in [2.75, 3.05) is 5.32 Å². The van der Waals surface area contributed by atoms with Crippen LogP contribution in [0.5, 0.6) is 5.75 Å². The van der Waals surface area contributed by atoms with Crippen molar-refractivity contribution in [2.45, 2.75) is 27.4 Å². The summed E-state index contributed by atoms with van der Waals surface area (Å²) in [6.07, 6.45) is 0. The number of nitrogens with one attached hydrogen (secondary N) is 1. The number of carbonyl (C=O) groups excluding carboxylic acids is 1. The Kier molecular flexibility index (Phi) is 5.10. The Morgan fingerprint density at radius 3 is 2.53 bits per heavy atom. The van der Waals surface area contributed by atoms with Crippen molar-refractivity contribution in [1.29, 1.82) is 0 Å². The molecule has 0 saturated carbocycles. The van der Waals surface area contributed by atoms with Gasteiger partial charge in [-0.3, -0.25) is 9.59 Å². The maximum atomic E-state index is 12.6. The van der Waals surface area contributed by atoms with Crippen LogP contribution >= 0.6 is 0 Å². The zero-order chi connectivity index (χ0) is 21.3. The quantitative estimate of drug-likeness (QED) is 0.543. The average Bonchev–Trinajstić information content (AvgIpc) is 3.09. The van der Waals surface area contributed by atoms with E-state index in [9.17, 15) is 9.59 Å². The zero-order valence-corrected chi connectivity index (χ0v) is 16.9. The molecule has 0 aliphatic heterocycles. The molecule has 0 aliphatic rings. The second-order valence-electron chi connectivity index (χ2n) is 7.19. The monoisotopic (exact) mass is 403 g/mol. The average molecular weight is 403 g/mol. The molecule has 2 heterocycles. The lowest BCUT2D eigenvalue weighted by Crippen LogP contribution is -2.15. The molecule has 1 amide bonds. The molecule has 0 saturated heterocycles. The number of hydrogen-bond donors (Lipinski definition) is 1. The van der Waals surface area contributed by atoms with Gasteiger partial charge in [0.25, 0.3) is 11.5 Å². The lowest BCUT2D eigenvalue weighted by molar-refractivity contribution is 0.102. The van der Waals surface area contributed by atoms with Crippen LogP contribution in [-0.4, -0.2) is 15.5 Å². The van der Waals surface area contributed by atoms with Gasteiger partial charge in [-0.25, -0.2) is 4.98 Å². The lowest BCUT2D eigenvalue weighted by Gasteiger charge is -2.13. The fourth-order valence-corrected chi connectivity index (χ4v) is 3.05. The van der Waals surface area contributed by atoms with Gasteiger partial charge in [-0.1, -0.05) is 23.8 Å². The number of benzene rings is 2. The Balaban J connectivity index is 1.55. The Hall–Kier alpha value is -3.87. The molecule has 2 aromatic carbocycles. The Bertz CT molecular complexity index is 1290. The van der Waals surface area contributed by atoms with Crippen LogP contribution in [0.2, 0.25) is 0 Å². The molecule has 4 rings (SSSR count). The molecule has 0 radical (unpaired) electrons. The van der Waals surface area contributed by atoms with Gasteiger partial charge >= 0.3 is 0 Å². The summed E-state index contributed by atoms with van der Waals surface area (Å²) in [4.78, 5) is 29.2. The van der Waals surface area contributed by atoms with Gasteiger partial charge in [0, 0.05) is 17.7 Å². The van der Waals surface area contributed by atoms with Crippen molar-refractivity contribution < 1.29 is 14.1 Å². The smallest absolute Gasteiger partial charge is 0.287 e. The van der Waals surface area contributed by atoms with Crippen molar-refractivity contribution in [1.82, 2.24) is 9.56 Å². The summed E-state index contributed by atoms with van der Waals surface area (Å²) in [5.41, 5.74) is 3.75. The summed E-state index contributed by atoms with van der Waals surface area (Å²) in [5.74, 6) is 0.869. The van der Waals surface area contributed by atoms with E-state index in [1.807, 2.05) is 38.1 Å². The van der Waals surface area contributed by atoms with Crippen LogP contribution in [0.15, 0.2) is 63.9 Å². The summed E-state index contributed by atoms with van der Waals surface area (Å²) in [5, 5.41) is 2.89. The lowest BCUT2D eigenvalue weighted by atomic mass is 10.1. The normalized spacial score (nSPS) is 10.9. The first kappa shape index (κ1) is 19.4. The predicted octanol–water partition coefficient (Wildman–Crippen LogP) is 4.04. The van der Waals surface area contributed by atoms with E-state index in [1.54, 1.807) is 31.2 Å². The third-order valence-electron chi connectivity index (χ3n) is 4.60. The minimum Gasteiger partial charge on any atom is -0.485 e. The number of aryl methyl sites for hydroxylation is 3. The minimum absolute atomic E-state index is 0.0762.